The summed E-state index contributed by atoms with van der Waals surface area (Å²) in [5.41, 5.74) is 4.21. The Kier molecular flexibility index (Phi) is 17.0. The number of amides is 1. The summed E-state index contributed by atoms with van der Waals surface area (Å²) in [6.45, 7) is 7.02. The van der Waals surface area contributed by atoms with Gasteiger partial charge in [0.05, 0.1) is 31.5 Å². The minimum Gasteiger partial charge on any atom is -0.493 e. The number of carbonyl (C=O) groups excluding carboxylic acids is 1. The second-order valence-corrected chi connectivity index (χ2v) is 17.7. The molecule has 4 aromatic carbocycles. The number of thioether (sulfide) groups is 1. The quantitative estimate of drug-likeness (QED) is 0.0325. The summed E-state index contributed by atoms with van der Waals surface area (Å²) in [5.74, 6) is -0.416. The first-order valence-corrected chi connectivity index (χ1v) is 23.6. The number of rotatable bonds is 23. The summed E-state index contributed by atoms with van der Waals surface area (Å²) < 4.78 is 41.0. The van der Waals surface area contributed by atoms with E-state index >= 15 is 0 Å². The summed E-state index contributed by atoms with van der Waals surface area (Å²) in [5, 5.41) is 24.9. The maximum Gasteiger partial charge on any atom is 0.410 e. The zero-order valence-electron chi connectivity index (χ0n) is 36.7. The molecule has 1 aliphatic heterocycles. The molecule has 0 spiro atoms. The van der Waals surface area contributed by atoms with E-state index in [-0.39, 0.29) is 69.6 Å². The SMILES string of the molecule is C=CCOC12Oc3ccc(OCCSc4ccccc4)cc3C3C(CCCCO)C(CCCCO)C=C(C(=NOCc4ccccc4)CC1N(Cc1ccc(F)cc1)C(=O)OCC)C32. The van der Waals surface area contributed by atoms with E-state index in [1.807, 2.05) is 60.7 Å². The standard InChI is InChI=1S/C52H61FN2O8S/c1-3-29-61-52-48(55(51(58)59-4-2)35-37-21-23-40(53)24-22-37)34-46(54-62-36-38-15-7-5-8-16-38)44-32-39(17-11-13-27-56)43(20-12-14-28-57)49(50(44)52)45-33-41(25-26-47(45)63-52)60-30-31-64-42-18-9-6-10-19-42/h3,5-10,15-16,18-19,21-26,32-33,39,43,48-50,56-57H,1,4,11-14,17,20,27-31,34-36H2,2H3. The van der Waals surface area contributed by atoms with Crippen LogP contribution in [0.15, 0.2) is 137 Å². The predicted octanol–water partition coefficient (Wildman–Crippen LogP) is 10.5. The first-order chi connectivity index (χ1) is 31.4. The molecule has 0 radical (unpaired) electrons. The number of carbonyl (C=O) groups is 1. The van der Waals surface area contributed by atoms with Gasteiger partial charge in [0.2, 0.25) is 5.79 Å². The lowest BCUT2D eigenvalue weighted by atomic mass is 9.55. The van der Waals surface area contributed by atoms with Crippen molar-refractivity contribution in [3.63, 3.8) is 0 Å². The van der Waals surface area contributed by atoms with Gasteiger partial charge in [-0.25, -0.2) is 9.18 Å². The zero-order valence-corrected chi connectivity index (χ0v) is 37.5. The van der Waals surface area contributed by atoms with Gasteiger partial charge in [0.25, 0.3) is 0 Å². The van der Waals surface area contributed by atoms with Crippen LogP contribution in [0, 0.1) is 23.6 Å². The van der Waals surface area contributed by atoms with Crippen LogP contribution in [0.25, 0.3) is 0 Å². The van der Waals surface area contributed by atoms with E-state index in [4.69, 9.17) is 28.9 Å². The predicted molar refractivity (Wildman–Crippen MR) is 248 cm³/mol. The lowest BCUT2D eigenvalue weighted by Gasteiger charge is -2.59. The molecule has 3 aliphatic rings. The number of ether oxygens (including phenoxy) is 4. The molecule has 6 unspecified atom stereocenters. The van der Waals surface area contributed by atoms with Crippen LogP contribution < -0.4 is 9.47 Å². The number of fused-ring (bicyclic) bond motifs is 2. The van der Waals surface area contributed by atoms with E-state index in [0.717, 1.165) is 53.9 Å². The summed E-state index contributed by atoms with van der Waals surface area (Å²) in [6.07, 6.45) is 8.16. The molecule has 1 fully saturated rings. The molecule has 4 aromatic rings. The average Bonchev–Trinajstić information content (AvgIpc) is 3.31. The molecular formula is C52H61FN2O8S. The summed E-state index contributed by atoms with van der Waals surface area (Å²) in [6, 6.07) is 31.4. The lowest BCUT2D eigenvalue weighted by molar-refractivity contribution is -0.256. The van der Waals surface area contributed by atoms with E-state index in [9.17, 15) is 19.4 Å². The molecule has 0 bridgehead atoms. The van der Waals surface area contributed by atoms with E-state index in [2.05, 4.69) is 30.9 Å². The van der Waals surface area contributed by atoms with Gasteiger partial charge >= 0.3 is 6.09 Å². The van der Waals surface area contributed by atoms with E-state index in [0.29, 0.717) is 36.5 Å². The van der Waals surface area contributed by atoms with Crippen molar-refractivity contribution in [3.05, 3.63) is 150 Å². The Morgan fingerprint density at radius 1 is 0.953 bits per heavy atom. The Morgan fingerprint density at radius 2 is 1.69 bits per heavy atom. The second kappa shape index (κ2) is 23.2. The van der Waals surface area contributed by atoms with Crippen LogP contribution in [0.5, 0.6) is 11.5 Å². The molecule has 1 heterocycles. The molecule has 1 amide bonds. The van der Waals surface area contributed by atoms with Crippen LogP contribution in [0.3, 0.4) is 0 Å². The highest BCUT2D eigenvalue weighted by atomic mass is 32.2. The van der Waals surface area contributed by atoms with Gasteiger partial charge < -0.3 is 34.0 Å². The third kappa shape index (κ3) is 11.2. The molecule has 0 saturated heterocycles. The number of oxime groups is 1. The van der Waals surface area contributed by atoms with E-state index < -0.39 is 23.8 Å². The number of nitrogens with zero attached hydrogens (tertiary/aromatic N) is 2. The fraction of sp³-hybridized carbons (Fsp3) is 0.423. The van der Waals surface area contributed by atoms with Gasteiger partial charge in [0, 0.05) is 48.3 Å². The first-order valence-electron chi connectivity index (χ1n) is 22.6. The number of hydrogen-bond acceptors (Lipinski definition) is 10. The van der Waals surface area contributed by atoms with Gasteiger partial charge in [0.1, 0.15) is 30.0 Å². The minimum atomic E-state index is -1.48. The maximum atomic E-state index is 14.5. The summed E-state index contributed by atoms with van der Waals surface area (Å²) in [4.78, 5) is 23.5. The molecule has 1 saturated carbocycles. The normalized spacial score (nSPS) is 22.7. The minimum absolute atomic E-state index is 0.0376. The van der Waals surface area contributed by atoms with Crippen molar-refractivity contribution in [1.82, 2.24) is 4.90 Å². The number of benzene rings is 4. The Bertz CT molecular complexity index is 2170. The second-order valence-electron chi connectivity index (χ2n) is 16.5. The highest BCUT2D eigenvalue weighted by Gasteiger charge is 2.65. The van der Waals surface area contributed by atoms with Gasteiger partial charge in [-0.3, -0.25) is 4.90 Å². The number of unbranched alkanes of at least 4 members (excludes halogenated alkanes) is 2. The lowest BCUT2D eigenvalue weighted by Crippen LogP contribution is -2.70. The van der Waals surface area contributed by atoms with Gasteiger partial charge in [0.15, 0.2) is 0 Å². The van der Waals surface area contributed by atoms with Crippen molar-refractivity contribution >= 4 is 23.6 Å². The highest BCUT2D eigenvalue weighted by Crippen LogP contribution is 2.62. The van der Waals surface area contributed by atoms with Crippen molar-refractivity contribution in [1.29, 1.82) is 0 Å². The third-order valence-electron chi connectivity index (χ3n) is 12.4. The monoisotopic (exact) mass is 892 g/mol. The molecular weight excluding hydrogens is 832 g/mol. The van der Waals surface area contributed by atoms with Crippen LogP contribution in [0.2, 0.25) is 0 Å². The van der Waals surface area contributed by atoms with Gasteiger partial charge in [-0.15, -0.1) is 18.3 Å². The summed E-state index contributed by atoms with van der Waals surface area (Å²) in [7, 11) is 0. The molecule has 10 nitrogen and oxygen atoms in total. The molecule has 7 rings (SSSR count). The fourth-order valence-corrected chi connectivity index (χ4v) is 10.4. The van der Waals surface area contributed by atoms with Crippen molar-refractivity contribution in [3.8, 4) is 11.5 Å². The van der Waals surface area contributed by atoms with Gasteiger partial charge in [-0.2, -0.15) is 0 Å². The molecule has 6 atom stereocenters. The molecule has 0 aromatic heterocycles. The van der Waals surface area contributed by atoms with Crippen LogP contribution in [0.4, 0.5) is 9.18 Å². The third-order valence-corrected chi connectivity index (χ3v) is 13.4. The first kappa shape index (κ1) is 46.8. The van der Waals surface area contributed by atoms with Crippen LogP contribution in [-0.2, 0) is 27.5 Å². The Morgan fingerprint density at radius 3 is 2.41 bits per heavy atom. The molecule has 2 N–H and O–H groups in total. The number of hydrogen-bond donors (Lipinski definition) is 2. The Labute approximate surface area is 381 Å². The van der Waals surface area contributed by atoms with E-state index in [1.165, 1.54) is 17.0 Å². The van der Waals surface area contributed by atoms with Gasteiger partial charge in [-0.1, -0.05) is 90.8 Å². The largest absolute Gasteiger partial charge is 0.493 e. The smallest absolute Gasteiger partial charge is 0.410 e. The highest BCUT2D eigenvalue weighted by molar-refractivity contribution is 7.99. The van der Waals surface area contributed by atoms with Crippen molar-refractivity contribution in [2.24, 2.45) is 22.9 Å². The van der Waals surface area contributed by atoms with E-state index in [1.54, 1.807) is 41.8 Å². The Hall–Kier alpha value is -5.14. The van der Waals surface area contributed by atoms with Crippen molar-refractivity contribution in [2.45, 2.75) is 87.7 Å². The van der Waals surface area contributed by atoms with Crippen molar-refractivity contribution in [2.75, 3.05) is 38.8 Å². The van der Waals surface area contributed by atoms with Crippen LogP contribution in [0.1, 0.15) is 74.5 Å². The average molecular weight is 893 g/mol. The molecule has 340 valence electrons. The fourth-order valence-electron chi connectivity index (χ4n) is 9.63. The molecule has 12 heteroatoms. The van der Waals surface area contributed by atoms with Crippen LogP contribution in [-0.4, -0.2) is 77.5 Å². The molecule has 64 heavy (non-hydrogen) atoms. The topological polar surface area (TPSA) is 119 Å². The zero-order chi connectivity index (χ0) is 44.7. The van der Waals surface area contributed by atoms with Crippen molar-refractivity contribution < 1.29 is 43.2 Å². The van der Waals surface area contributed by atoms with Gasteiger partial charge in [-0.05, 0) is 104 Å². The number of aliphatic hydroxyl groups is 2. The Balaban J connectivity index is 1.39. The maximum absolute atomic E-state index is 14.5. The van der Waals surface area contributed by atoms with Crippen LogP contribution >= 0.6 is 11.8 Å². The molecule has 2 aliphatic carbocycles. The number of allylic oxidation sites excluding steroid dienone is 1. The summed E-state index contributed by atoms with van der Waals surface area (Å²) >= 11 is 1.74. The number of halogens is 1. The number of aliphatic hydroxyl groups excluding tert-OH is 2.